The highest BCUT2D eigenvalue weighted by molar-refractivity contribution is 7.99. The van der Waals surface area contributed by atoms with Gasteiger partial charge >= 0.3 is 0 Å². The fraction of sp³-hybridized carbons (Fsp3) is 0.167. The molecule has 1 aliphatic rings. The van der Waals surface area contributed by atoms with Crippen LogP contribution in [-0.4, -0.2) is 32.9 Å². The molecule has 0 N–H and O–H groups in total. The van der Waals surface area contributed by atoms with E-state index in [1.54, 1.807) is 16.4 Å². The Balaban J connectivity index is 1.74. The van der Waals surface area contributed by atoms with Crippen LogP contribution in [0.5, 0.6) is 5.75 Å². The Kier molecular flexibility index (Phi) is 4.46. The normalized spacial score (nSPS) is 13.3. The Morgan fingerprint density at radius 3 is 2.76 bits per heavy atom. The second-order valence-electron chi connectivity index (χ2n) is 5.42. The molecule has 1 aliphatic heterocycles. The molecule has 1 aromatic heterocycles. The summed E-state index contributed by atoms with van der Waals surface area (Å²) < 4.78 is 7.37. The molecule has 0 atom stereocenters. The molecule has 0 amide bonds. The van der Waals surface area contributed by atoms with Gasteiger partial charge in [-0.2, -0.15) is 9.78 Å². The molecule has 0 radical (unpaired) electrons. The van der Waals surface area contributed by atoms with E-state index in [0.29, 0.717) is 17.5 Å². The Morgan fingerprint density at radius 2 is 1.96 bits per heavy atom. The molecule has 0 bridgehead atoms. The standard InChI is InChI=1S/C18H15ClN4OS/c1-2-24-15-5-3-4-13(10-15)17-20-21-18-23(17)22-16(11-25-18)12-6-8-14(19)9-7-12/h3-10H,2,11H2,1H3. The largest absolute Gasteiger partial charge is 0.494 e. The van der Waals surface area contributed by atoms with Crippen molar-refractivity contribution in [1.82, 2.24) is 14.9 Å². The summed E-state index contributed by atoms with van der Waals surface area (Å²) >= 11 is 7.60. The minimum atomic E-state index is 0.621. The molecule has 5 nitrogen and oxygen atoms in total. The zero-order valence-electron chi connectivity index (χ0n) is 13.5. The number of halogens is 1. The van der Waals surface area contributed by atoms with Crippen molar-refractivity contribution in [3.05, 3.63) is 59.1 Å². The van der Waals surface area contributed by atoms with Crippen LogP contribution in [0, 0.1) is 0 Å². The first kappa shape index (κ1) is 16.2. The average Bonchev–Trinajstić information content (AvgIpc) is 3.06. The van der Waals surface area contributed by atoms with Crippen LogP contribution < -0.4 is 4.74 Å². The number of hydrogen-bond acceptors (Lipinski definition) is 5. The first-order valence-electron chi connectivity index (χ1n) is 7.90. The number of thioether (sulfide) groups is 1. The monoisotopic (exact) mass is 370 g/mol. The zero-order valence-corrected chi connectivity index (χ0v) is 15.1. The van der Waals surface area contributed by atoms with Crippen LogP contribution in [0.2, 0.25) is 5.02 Å². The fourth-order valence-electron chi connectivity index (χ4n) is 2.58. The van der Waals surface area contributed by atoms with E-state index in [2.05, 4.69) is 10.2 Å². The van der Waals surface area contributed by atoms with Gasteiger partial charge in [-0.1, -0.05) is 47.6 Å². The number of fused-ring (bicyclic) bond motifs is 1. The van der Waals surface area contributed by atoms with E-state index in [1.807, 2.05) is 55.5 Å². The van der Waals surface area contributed by atoms with Crippen molar-refractivity contribution in [2.75, 3.05) is 12.4 Å². The van der Waals surface area contributed by atoms with Crippen molar-refractivity contribution in [2.45, 2.75) is 12.1 Å². The third-order valence-corrected chi connectivity index (χ3v) is 4.93. The summed E-state index contributed by atoms with van der Waals surface area (Å²) in [5.41, 5.74) is 2.94. The van der Waals surface area contributed by atoms with Crippen LogP contribution >= 0.6 is 23.4 Å². The molecule has 0 saturated carbocycles. The van der Waals surface area contributed by atoms with Crippen molar-refractivity contribution >= 4 is 29.1 Å². The Hall–Kier alpha value is -2.31. The number of ether oxygens (including phenoxy) is 1. The molecule has 2 heterocycles. The zero-order chi connectivity index (χ0) is 17.2. The molecule has 0 unspecified atom stereocenters. The lowest BCUT2D eigenvalue weighted by Crippen LogP contribution is -2.13. The van der Waals surface area contributed by atoms with Crippen molar-refractivity contribution in [3.63, 3.8) is 0 Å². The molecular weight excluding hydrogens is 356 g/mol. The summed E-state index contributed by atoms with van der Waals surface area (Å²) in [7, 11) is 0. The quantitative estimate of drug-likeness (QED) is 0.684. The summed E-state index contributed by atoms with van der Waals surface area (Å²) in [6, 6.07) is 15.5. The van der Waals surface area contributed by atoms with Crippen molar-refractivity contribution < 1.29 is 4.74 Å². The smallest absolute Gasteiger partial charge is 0.212 e. The highest BCUT2D eigenvalue weighted by Crippen LogP contribution is 2.30. The van der Waals surface area contributed by atoms with E-state index in [4.69, 9.17) is 21.4 Å². The second kappa shape index (κ2) is 6.90. The van der Waals surface area contributed by atoms with Crippen molar-refractivity contribution in [3.8, 4) is 17.1 Å². The van der Waals surface area contributed by atoms with Gasteiger partial charge in [0.1, 0.15) is 5.75 Å². The SMILES string of the molecule is CCOc1cccc(-c2nnc3n2N=C(c2ccc(Cl)cc2)CS3)c1. The maximum atomic E-state index is 5.98. The summed E-state index contributed by atoms with van der Waals surface area (Å²) in [5.74, 6) is 2.26. The van der Waals surface area contributed by atoms with Crippen molar-refractivity contribution in [2.24, 2.45) is 5.10 Å². The Morgan fingerprint density at radius 1 is 1.12 bits per heavy atom. The lowest BCUT2D eigenvalue weighted by molar-refractivity contribution is 0.340. The lowest BCUT2D eigenvalue weighted by atomic mass is 10.1. The van der Waals surface area contributed by atoms with Crippen LogP contribution in [0.1, 0.15) is 12.5 Å². The number of hydrogen-bond donors (Lipinski definition) is 0. The van der Waals surface area contributed by atoms with E-state index in [9.17, 15) is 0 Å². The number of nitrogens with zero attached hydrogens (tertiary/aromatic N) is 4. The maximum absolute atomic E-state index is 5.98. The third-order valence-electron chi connectivity index (χ3n) is 3.75. The first-order valence-corrected chi connectivity index (χ1v) is 9.26. The second-order valence-corrected chi connectivity index (χ2v) is 6.80. The van der Waals surface area contributed by atoms with E-state index in [1.165, 1.54) is 0 Å². The van der Waals surface area contributed by atoms with Gasteiger partial charge in [0.25, 0.3) is 0 Å². The molecule has 2 aromatic carbocycles. The number of benzene rings is 2. The molecular formula is C18H15ClN4OS. The molecule has 4 rings (SSSR count). The third kappa shape index (κ3) is 3.27. The summed E-state index contributed by atoms with van der Waals surface area (Å²) in [4.78, 5) is 0. The highest BCUT2D eigenvalue weighted by atomic mass is 35.5. The van der Waals surface area contributed by atoms with E-state index in [-0.39, 0.29) is 0 Å². The van der Waals surface area contributed by atoms with Crippen LogP contribution in [-0.2, 0) is 0 Å². The summed E-state index contributed by atoms with van der Waals surface area (Å²) in [6.45, 7) is 2.58. The van der Waals surface area contributed by atoms with Crippen LogP contribution in [0.4, 0.5) is 0 Å². The number of rotatable bonds is 4. The van der Waals surface area contributed by atoms with E-state index in [0.717, 1.165) is 33.5 Å². The number of aromatic nitrogens is 3. The van der Waals surface area contributed by atoms with Gasteiger partial charge in [0.2, 0.25) is 5.16 Å². The molecule has 126 valence electrons. The lowest BCUT2D eigenvalue weighted by Gasteiger charge is -2.14. The van der Waals surface area contributed by atoms with Gasteiger partial charge in [-0.3, -0.25) is 0 Å². The summed E-state index contributed by atoms with van der Waals surface area (Å²) in [5, 5.41) is 14.8. The van der Waals surface area contributed by atoms with Gasteiger partial charge < -0.3 is 4.74 Å². The predicted molar refractivity (Wildman–Crippen MR) is 101 cm³/mol. The van der Waals surface area contributed by atoms with Crippen LogP contribution in [0.15, 0.2) is 58.8 Å². The highest BCUT2D eigenvalue weighted by Gasteiger charge is 2.21. The Bertz CT molecular complexity index is 937. The molecule has 0 spiro atoms. The molecule has 0 aliphatic carbocycles. The van der Waals surface area contributed by atoms with Gasteiger partial charge in [0.05, 0.1) is 12.3 Å². The minimum Gasteiger partial charge on any atom is -0.494 e. The van der Waals surface area contributed by atoms with Gasteiger partial charge in [0.15, 0.2) is 5.82 Å². The minimum absolute atomic E-state index is 0.621. The van der Waals surface area contributed by atoms with Gasteiger partial charge in [-0.15, -0.1) is 10.2 Å². The van der Waals surface area contributed by atoms with Crippen molar-refractivity contribution in [1.29, 1.82) is 0 Å². The molecule has 3 aromatic rings. The van der Waals surface area contributed by atoms with E-state index >= 15 is 0 Å². The topological polar surface area (TPSA) is 52.3 Å². The van der Waals surface area contributed by atoms with Crippen LogP contribution in [0.3, 0.4) is 0 Å². The Labute approximate surface area is 154 Å². The van der Waals surface area contributed by atoms with Crippen LogP contribution in [0.25, 0.3) is 11.4 Å². The van der Waals surface area contributed by atoms with Gasteiger partial charge in [-0.05, 0) is 36.8 Å². The molecule has 0 fully saturated rings. The molecule has 25 heavy (non-hydrogen) atoms. The fourth-order valence-corrected chi connectivity index (χ4v) is 3.55. The average molecular weight is 371 g/mol. The summed E-state index contributed by atoms with van der Waals surface area (Å²) in [6.07, 6.45) is 0. The molecule has 0 saturated heterocycles. The van der Waals surface area contributed by atoms with Gasteiger partial charge in [0, 0.05) is 16.3 Å². The molecule has 7 heteroatoms. The predicted octanol–water partition coefficient (Wildman–Crippen LogP) is 4.36. The maximum Gasteiger partial charge on any atom is 0.212 e. The van der Waals surface area contributed by atoms with E-state index < -0.39 is 0 Å². The first-order chi connectivity index (χ1) is 12.2. The van der Waals surface area contributed by atoms with Gasteiger partial charge in [-0.25, -0.2) is 0 Å².